The van der Waals surface area contributed by atoms with Crippen molar-refractivity contribution in [3.8, 4) is 5.75 Å². The summed E-state index contributed by atoms with van der Waals surface area (Å²) in [5, 5.41) is 12.2. The van der Waals surface area contributed by atoms with E-state index in [1.54, 1.807) is 11.6 Å². The van der Waals surface area contributed by atoms with Crippen molar-refractivity contribution in [3.63, 3.8) is 0 Å². The molecule has 1 aromatic heterocycles. The highest BCUT2D eigenvalue weighted by atomic mass is 32.1. The van der Waals surface area contributed by atoms with E-state index in [9.17, 15) is 5.11 Å². The van der Waals surface area contributed by atoms with Crippen molar-refractivity contribution in [3.05, 3.63) is 52.5 Å². The van der Waals surface area contributed by atoms with Crippen molar-refractivity contribution < 1.29 is 5.11 Å². The maximum absolute atomic E-state index is 12.2. The Morgan fingerprint density at radius 1 is 1.04 bits per heavy atom. The molecule has 0 N–H and O–H groups in total. The van der Waals surface area contributed by atoms with Gasteiger partial charge in [0.2, 0.25) is 5.75 Å². The van der Waals surface area contributed by atoms with Crippen molar-refractivity contribution in [2.45, 2.75) is 20.4 Å². The Morgan fingerprint density at radius 3 is 2.60 bits per heavy atom. The van der Waals surface area contributed by atoms with Crippen LogP contribution in [0.3, 0.4) is 0 Å². The number of fused-ring (bicyclic) bond motifs is 1. The van der Waals surface area contributed by atoms with E-state index in [0.29, 0.717) is 5.52 Å². The second-order valence-corrected chi connectivity index (χ2v) is 7.71. The van der Waals surface area contributed by atoms with Crippen molar-refractivity contribution in [2.75, 3.05) is 31.1 Å². The van der Waals surface area contributed by atoms with Gasteiger partial charge < -0.3 is 4.90 Å². The number of hydrogen-bond donors (Lipinski definition) is 0. The fourth-order valence-corrected chi connectivity index (χ4v) is 4.15. The van der Waals surface area contributed by atoms with E-state index in [1.165, 1.54) is 28.0 Å². The highest BCUT2D eigenvalue weighted by Gasteiger charge is 2.19. The van der Waals surface area contributed by atoms with Crippen molar-refractivity contribution in [1.82, 2.24) is 9.88 Å². The van der Waals surface area contributed by atoms with E-state index < -0.39 is 0 Å². The van der Waals surface area contributed by atoms with Gasteiger partial charge >= 0.3 is 0 Å². The molecule has 1 fully saturated rings. The first-order chi connectivity index (χ1) is 12.1. The third-order valence-corrected chi connectivity index (χ3v) is 5.88. The highest BCUT2D eigenvalue weighted by Crippen LogP contribution is 2.33. The zero-order valence-electron chi connectivity index (χ0n) is 14.7. The van der Waals surface area contributed by atoms with Crippen LogP contribution in [0.25, 0.3) is 10.2 Å². The van der Waals surface area contributed by atoms with Gasteiger partial charge in [-0.3, -0.25) is 10.0 Å². The minimum absolute atomic E-state index is 0.0336. The first-order valence-corrected chi connectivity index (χ1v) is 9.56. The number of aryl methyl sites for hydroxylation is 2. The Balaban J connectivity index is 1.42. The van der Waals surface area contributed by atoms with Crippen LogP contribution >= 0.6 is 11.3 Å². The molecular formula is C20H22N3OS. The predicted molar refractivity (Wildman–Crippen MR) is 103 cm³/mol. The lowest BCUT2D eigenvalue weighted by Crippen LogP contribution is -2.45. The Morgan fingerprint density at radius 2 is 1.84 bits per heavy atom. The summed E-state index contributed by atoms with van der Waals surface area (Å²) in [6, 6.07) is 10.6. The number of hydrogen-bond acceptors (Lipinski definition) is 4. The second-order valence-electron chi connectivity index (χ2n) is 6.82. The van der Waals surface area contributed by atoms with Gasteiger partial charge in [-0.05, 0) is 36.6 Å². The molecule has 4 rings (SSSR count). The number of piperazine rings is 1. The van der Waals surface area contributed by atoms with Gasteiger partial charge in [0.25, 0.3) is 0 Å². The molecule has 0 spiro atoms. The van der Waals surface area contributed by atoms with Crippen LogP contribution in [0.2, 0.25) is 0 Å². The van der Waals surface area contributed by atoms with Crippen LogP contribution in [0.15, 0.2) is 35.8 Å². The van der Waals surface area contributed by atoms with Crippen LogP contribution in [0.1, 0.15) is 16.7 Å². The summed E-state index contributed by atoms with van der Waals surface area (Å²) in [4.78, 5) is 8.96. The third-order valence-electron chi connectivity index (χ3n) is 5.10. The summed E-state index contributed by atoms with van der Waals surface area (Å²) in [5.74, 6) is 0.0336. The van der Waals surface area contributed by atoms with Crippen LogP contribution < -0.4 is 4.90 Å². The molecule has 5 heteroatoms. The zero-order valence-corrected chi connectivity index (χ0v) is 15.5. The molecule has 0 unspecified atom stereocenters. The molecule has 0 aliphatic carbocycles. The number of thiazole rings is 1. The van der Waals surface area contributed by atoms with Gasteiger partial charge in [0.15, 0.2) is 0 Å². The number of nitrogens with zero attached hydrogens (tertiary/aromatic N) is 3. The van der Waals surface area contributed by atoms with Crippen molar-refractivity contribution in [1.29, 1.82) is 0 Å². The second kappa shape index (κ2) is 6.65. The molecule has 25 heavy (non-hydrogen) atoms. The summed E-state index contributed by atoms with van der Waals surface area (Å²) in [6.07, 6.45) is 0. The van der Waals surface area contributed by atoms with Crippen molar-refractivity contribution >= 4 is 27.2 Å². The van der Waals surface area contributed by atoms with Crippen LogP contribution in [0, 0.1) is 13.8 Å². The van der Waals surface area contributed by atoms with E-state index in [2.05, 4.69) is 52.9 Å². The number of anilines is 1. The maximum Gasteiger partial charge on any atom is 0.207 e. The number of aromatic nitrogens is 1. The molecule has 0 atom stereocenters. The fraction of sp³-hybridized carbons (Fsp3) is 0.350. The molecular weight excluding hydrogens is 330 g/mol. The summed E-state index contributed by atoms with van der Waals surface area (Å²) >= 11 is 1.54. The van der Waals surface area contributed by atoms with Crippen LogP contribution in [-0.4, -0.2) is 36.1 Å². The lowest BCUT2D eigenvalue weighted by molar-refractivity contribution is 0.249. The Labute approximate surface area is 152 Å². The van der Waals surface area contributed by atoms with Gasteiger partial charge in [-0.15, -0.1) is 11.3 Å². The molecule has 4 nitrogen and oxygen atoms in total. The molecule has 129 valence electrons. The van der Waals surface area contributed by atoms with E-state index in [0.717, 1.165) is 43.1 Å². The number of rotatable bonds is 3. The number of benzene rings is 2. The summed E-state index contributed by atoms with van der Waals surface area (Å²) in [7, 11) is 0. The summed E-state index contributed by atoms with van der Waals surface area (Å²) < 4.78 is 0.986. The standard InChI is InChI=1S/C20H22N3OS/c1-14-3-4-16(9-15(14)2)12-22-5-7-23(8-6-22)17-10-18(24)20-19(11-17)25-13-21-20/h3-4,9-11,13H,5-8,12H2,1-2H3. The molecule has 1 radical (unpaired) electrons. The average molecular weight is 352 g/mol. The van der Waals surface area contributed by atoms with Gasteiger partial charge in [-0.2, -0.15) is 0 Å². The lowest BCUT2D eigenvalue weighted by atomic mass is 10.1. The Kier molecular flexibility index (Phi) is 4.36. The fourth-order valence-electron chi connectivity index (χ4n) is 3.43. The van der Waals surface area contributed by atoms with E-state index in [-0.39, 0.29) is 5.75 Å². The van der Waals surface area contributed by atoms with Crippen LogP contribution in [0.4, 0.5) is 5.69 Å². The molecule has 1 aliphatic heterocycles. The SMILES string of the molecule is Cc1ccc(CN2CCN(c3cc([O])c4ncsc4c3)CC2)cc1C. The minimum Gasteiger partial charge on any atom is -0.369 e. The van der Waals surface area contributed by atoms with Gasteiger partial charge in [-0.1, -0.05) is 18.2 Å². The largest absolute Gasteiger partial charge is 0.369 e. The van der Waals surface area contributed by atoms with Gasteiger partial charge in [0, 0.05) is 44.5 Å². The van der Waals surface area contributed by atoms with Gasteiger partial charge in [-0.25, -0.2) is 4.98 Å². The molecule has 1 saturated heterocycles. The molecule has 2 aromatic carbocycles. The molecule has 3 aromatic rings. The van der Waals surface area contributed by atoms with E-state index >= 15 is 0 Å². The lowest BCUT2D eigenvalue weighted by Gasteiger charge is -2.36. The predicted octanol–water partition coefficient (Wildman–Crippen LogP) is 4.38. The van der Waals surface area contributed by atoms with Crippen LogP contribution in [-0.2, 0) is 11.7 Å². The first kappa shape index (κ1) is 16.4. The van der Waals surface area contributed by atoms with Gasteiger partial charge in [0.1, 0.15) is 5.52 Å². The average Bonchev–Trinajstić information content (AvgIpc) is 3.08. The van der Waals surface area contributed by atoms with Crippen LogP contribution in [0.5, 0.6) is 5.75 Å². The first-order valence-electron chi connectivity index (χ1n) is 8.68. The molecule has 1 aliphatic rings. The maximum atomic E-state index is 12.2. The van der Waals surface area contributed by atoms with E-state index in [1.807, 2.05) is 0 Å². The minimum atomic E-state index is 0.0336. The van der Waals surface area contributed by atoms with Gasteiger partial charge in [0.05, 0.1) is 10.2 Å². The Hall–Kier alpha value is -2.11. The summed E-state index contributed by atoms with van der Waals surface area (Å²) in [6.45, 7) is 9.26. The molecule has 0 bridgehead atoms. The van der Waals surface area contributed by atoms with Crippen molar-refractivity contribution in [2.24, 2.45) is 0 Å². The topological polar surface area (TPSA) is 39.3 Å². The molecule has 2 heterocycles. The quantitative estimate of drug-likeness (QED) is 0.702. The summed E-state index contributed by atoms with van der Waals surface area (Å²) in [5.41, 5.74) is 7.47. The smallest absolute Gasteiger partial charge is 0.207 e. The third kappa shape index (κ3) is 3.34. The molecule has 0 amide bonds. The highest BCUT2D eigenvalue weighted by molar-refractivity contribution is 7.16. The molecule has 0 saturated carbocycles. The Bertz CT molecular complexity index is 897. The van der Waals surface area contributed by atoms with E-state index in [4.69, 9.17) is 0 Å². The zero-order chi connectivity index (χ0) is 17.4. The monoisotopic (exact) mass is 352 g/mol. The normalized spacial score (nSPS) is 15.8.